The van der Waals surface area contributed by atoms with Crippen molar-refractivity contribution >= 4 is 13.7 Å². The molecule has 0 saturated heterocycles. The van der Waals surface area contributed by atoms with Crippen LogP contribution in [0.2, 0.25) is 0 Å². The number of aliphatic hydroxyl groups is 1. The lowest BCUT2D eigenvalue weighted by atomic mass is 10.0. The van der Waals surface area contributed by atoms with Crippen LogP contribution in [-0.2, 0) is 18.4 Å². The molecule has 0 saturated carbocycles. The third-order valence-electron chi connectivity index (χ3n) is 10.7. The van der Waals surface area contributed by atoms with Crippen LogP contribution in [0.4, 0.5) is 0 Å². The van der Waals surface area contributed by atoms with Crippen LogP contribution in [0.1, 0.15) is 219 Å². The fraction of sp³-hybridized carbons (Fsp3) is 0.894. The molecule has 0 fully saturated rings. The lowest BCUT2D eigenvalue weighted by molar-refractivity contribution is -0.870. The Morgan fingerprint density at radius 2 is 1.02 bits per heavy atom. The maximum Gasteiger partial charge on any atom is 0.472 e. The van der Waals surface area contributed by atoms with Gasteiger partial charge in [0.15, 0.2) is 0 Å². The number of phosphoric ester groups is 1. The molecule has 0 heterocycles. The van der Waals surface area contributed by atoms with Gasteiger partial charge in [0, 0.05) is 6.42 Å². The van der Waals surface area contributed by atoms with Gasteiger partial charge in [-0.05, 0) is 44.9 Å². The van der Waals surface area contributed by atoms with Crippen molar-refractivity contribution in [2.45, 2.75) is 231 Å². The second kappa shape index (κ2) is 39.4. The minimum atomic E-state index is -4.30. The summed E-state index contributed by atoms with van der Waals surface area (Å²) in [6.07, 6.45) is 47.0. The normalized spacial score (nSPS) is 14.5. The second-order valence-electron chi connectivity index (χ2n) is 17.5. The summed E-state index contributed by atoms with van der Waals surface area (Å²) in [4.78, 5) is 23.0. The topological polar surface area (TPSA) is 105 Å². The number of nitrogens with zero attached hydrogens (tertiary/aromatic N) is 1. The number of allylic oxidation sites excluding steroid dienone is 4. The van der Waals surface area contributed by atoms with Crippen LogP contribution in [0.3, 0.4) is 0 Å². The van der Waals surface area contributed by atoms with Gasteiger partial charge in [-0.2, -0.15) is 0 Å². The molecular weight excluding hydrogens is 719 g/mol. The molecular formula is C47H94N2O6P+. The van der Waals surface area contributed by atoms with Gasteiger partial charge >= 0.3 is 7.82 Å². The van der Waals surface area contributed by atoms with Gasteiger partial charge in [0.05, 0.1) is 39.9 Å². The van der Waals surface area contributed by atoms with Crippen molar-refractivity contribution in [3.05, 3.63) is 24.3 Å². The molecule has 0 rings (SSSR count). The fourth-order valence-electron chi connectivity index (χ4n) is 6.90. The standard InChI is InChI=1S/C47H93N2O6P/c1-6-8-10-12-13-14-15-16-17-18-19-20-21-22-23-24-25-26-27-28-29-30-31-32-33-34-35-37-39-41-47(51)48-45(46(50)40-38-36-11-9-7-2)44-55-56(52,53)54-43-42-49(3,4)5/h15-16,18-19,45-46,50H,6-14,17,20-44H2,1-5H3,(H-,48,51,52,53)/p+1/b16-15-,19-18-. The summed E-state index contributed by atoms with van der Waals surface area (Å²) in [6, 6.07) is -0.753. The molecule has 0 aromatic heterocycles. The van der Waals surface area contributed by atoms with E-state index in [1.807, 2.05) is 21.1 Å². The molecule has 3 N–H and O–H groups in total. The molecule has 332 valence electrons. The zero-order valence-electron chi connectivity index (χ0n) is 37.6. The predicted molar refractivity (Wildman–Crippen MR) is 240 cm³/mol. The number of amides is 1. The number of carbonyl (C=O) groups excluding carboxylic acids is 1. The van der Waals surface area contributed by atoms with Crippen molar-refractivity contribution in [1.82, 2.24) is 5.32 Å². The van der Waals surface area contributed by atoms with Crippen molar-refractivity contribution in [2.24, 2.45) is 0 Å². The Morgan fingerprint density at radius 3 is 1.46 bits per heavy atom. The molecule has 0 aliphatic rings. The van der Waals surface area contributed by atoms with E-state index in [0.29, 0.717) is 23.9 Å². The van der Waals surface area contributed by atoms with Crippen LogP contribution in [0.25, 0.3) is 0 Å². The second-order valence-corrected chi connectivity index (χ2v) is 18.9. The van der Waals surface area contributed by atoms with Gasteiger partial charge in [-0.25, -0.2) is 4.57 Å². The summed E-state index contributed by atoms with van der Waals surface area (Å²) in [6.45, 7) is 4.79. The van der Waals surface area contributed by atoms with E-state index in [1.54, 1.807) is 0 Å². The van der Waals surface area contributed by atoms with Crippen LogP contribution in [0.5, 0.6) is 0 Å². The molecule has 56 heavy (non-hydrogen) atoms. The average Bonchev–Trinajstić information content (AvgIpc) is 3.15. The van der Waals surface area contributed by atoms with Crippen LogP contribution in [0.15, 0.2) is 24.3 Å². The van der Waals surface area contributed by atoms with Crippen molar-refractivity contribution in [1.29, 1.82) is 0 Å². The van der Waals surface area contributed by atoms with Crippen molar-refractivity contribution in [3.8, 4) is 0 Å². The largest absolute Gasteiger partial charge is 0.472 e. The third kappa shape index (κ3) is 41.2. The first kappa shape index (κ1) is 55.0. The van der Waals surface area contributed by atoms with E-state index in [9.17, 15) is 19.4 Å². The van der Waals surface area contributed by atoms with E-state index in [4.69, 9.17) is 9.05 Å². The first-order chi connectivity index (χ1) is 27.0. The molecule has 0 radical (unpaired) electrons. The number of nitrogens with one attached hydrogen (secondary N) is 1. The number of hydrogen-bond acceptors (Lipinski definition) is 5. The van der Waals surface area contributed by atoms with Crippen LogP contribution in [-0.4, -0.2) is 73.4 Å². The van der Waals surface area contributed by atoms with Gasteiger partial charge in [-0.3, -0.25) is 13.8 Å². The van der Waals surface area contributed by atoms with Gasteiger partial charge in [0.25, 0.3) is 0 Å². The Morgan fingerprint density at radius 1 is 0.607 bits per heavy atom. The number of hydrogen-bond donors (Lipinski definition) is 3. The minimum Gasteiger partial charge on any atom is -0.391 e. The predicted octanol–water partition coefficient (Wildman–Crippen LogP) is 13.3. The molecule has 0 spiro atoms. The molecule has 1 amide bonds. The fourth-order valence-corrected chi connectivity index (χ4v) is 7.64. The highest BCUT2D eigenvalue weighted by Crippen LogP contribution is 2.43. The maximum atomic E-state index is 12.8. The summed E-state index contributed by atoms with van der Waals surface area (Å²) in [5.74, 6) is -0.150. The van der Waals surface area contributed by atoms with Crippen LogP contribution >= 0.6 is 7.82 Å². The number of unbranched alkanes of at least 4 members (excludes halogenated alkanes) is 26. The minimum absolute atomic E-state index is 0.0751. The van der Waals surface area contributed by atoms with Gasteiger partial charge in [-0.1, -0.05) is 192 Å². The summed E-state index contributed by atoms with van der Waals surface area (Å²) in [5.41, 5.74) is 0. The van der Waals surface area contributed by atoms with Gasteiger partial charge in [-0.15, -0.1) is 0 Å². The zero-order valence-corrected chi connectivity index (χ0v) is 38.5. The van der Waals surface area contributed by atoms with E-state index in [2.05, 4.69) is 43.5 Å². The van der Waals surface area contributed by atoms with Gasteiger partial charge in [0.1, 0.15) is 13.2 Å². The lowest BCUT2D eigenvalue weighted by Crippen LogP contribution is -2.46. The highest BCUT2D eigenvalue weighted by atomic mass is 31.2. The van der Waals surface area contributed by atoms with E-state index < -0.39 is 20.0 Å². The zero-order chi connectivity index (χ0) is 41.4. The Kier molecular flexibility index (Phi) is 38.7. The Bertz CT molecular complexity index is 969. The van der Waals surface area contributed by atoms with E-state index in [-0.39, 0.29) is 19.1 Å². The summed E-state index contributed by atoms with van der Waals surface area (Å²) < 4.78 is 23.4. The SMILES string of the molecule is CCCCCCC/C=C\C/C=C\CCCCCCCCCCCCCCCCCCCC(=O)NC(COP(=O)(O)OCC[N+](C)(C)C)C(O)CCCCCCC. The molecule has 0 aliphatic carbocycles. The first-order valence-electron chi connectivity index (χ1n) is 23.7. The number of likely N-dealkylation sites (N-methyl/N-ethyl adjacent to an activating group) is 1. The number of phosphoric acid groups is 1. The van der Waals surface area contributed by atoms with Gasteiger partial charge in [0.2, 0.25) is 5.91 Å². The summed E-state index contributed by atoms with van der Waals surface area (Å²) in [5, 5.41) is 13.7. The smallest absolute Gasteiger partial charge is 0.391 e. The average molecular weight is 814 g/mol. The molecule has 0 aliphatic heterocycles. The van der Waals surface area contributed by atoms with Gasteiger partial charge < -0.3 is 19.8 Å². The van der Waals surface area contributed by atoms with Crippen molar-refractivity contribution in [3.63, 3.8) is 0 Å². The number of quaternary nitrogens is 1. The summed E-state index contributed by atoms with van der Waals surface area (Å²) in [7, 11) is 1.62. The third-order valence-corrected chi connectivity index (χ3v) is 11.7. The van der Waals surface area contributed by atoms with Crippen LogP contribution < -0.4 is 5.32 Å². The number of carbonyl (C=O) groups is 1. The van der Waals surface area contributed by atoms with Crippen molar-refractivity contribution < 1.29 is 32.9 Å². The summed E-state index contributed by atoms with van der Waals surface area (Å²) >= 11 is 0. The molecule has 0 aromatic carbocycles. The maximum absolute atomic E-state index is 12.8. The monoisotopic (exact) mass is 814 g/mol. The first-order valence-corrected chi connectivity index (χ1v) is 25.2. The quantitative estimate of drug-likeness (QED) is 0.0245. The van der Waals surface area contributed by atoms with Crippen LogP contribution in [0, 0.1) is 0 Å². The Hall–Kier alpha value is -1.02. The highest BCUT2D eigenvalue weighted by Gasteiger charge is 2.28. The molecule has 0 aromatic rings. The Labute approximate surface area is 347 Å². The highest BCUT2D eigenvalue weighted by molar-refractivity contribution is 7.47. The molecule has 3 atom stereocenters. The number of aliphatic hydroxyl groups excluding tert-OH is 1. The molecule has 8 nitrogen and oxygen atoms in total. The van der Waals surface area contributed by atoms with Crippen molar-refractivity contribution in [2.75, 3.05) is 40.9 Å². The number of rotatable bonds is 43. The molecule has 3 unspecified atom stereocenters. The Balaban J connectivity index is 3.86. The molecule has 0 bridgehead atoms. The van der Waals surface area contributed by atoms with E-state index in [0.717, 1.165) is 57.8 Å². The lowest BCUT2D eigenvalue weighted by Gasteiger charge is -2.26. The molecule has 9 heteroatoms. The van der Waals surface area contributed by atoms with E-state index >= 15 is 0 Å². The van der Waals surface area contributed by atoms with E-state index in [1.165, 1.54) is 135 Å².